The summed E-state index contributed by atoms with van der Waals surface area (Å²) in [5.41, 5.74) is 0. The van der Waals surface area contributed by atoms with E-state index in [1.165, 1.54) is 24.3 Å². The summed E-state index contributed by atoms with van der Waals surface area (Å²) in [5.74, 6) is -3.33. The molecule has 0 aliphatic heterocycles. The summed E-state index contributed by atoms with van der Waals surface area (Å²) in [6, 6.07) is 7.43. The van der Waals surface area contributed by atoms with Gasteiger partial charge in [-0.1, -0.05) is 11.6 Å². The molecule has 0 N–H and O–H groups in total. The lowest BCUT2D eigenvalue weighted by Crippen LogP contribution is -2.11. The van der Waals surface area contributed by atoms with Gasteiger partial charge in [-0.15, -0.1) is 0 Å². The highest BCUT2D eigenvalue weighted by atomic mass is 79.9. The van der Waals surface area contributed by atoms with Gasteiger partial charge in [-0.2, -0.15) is 8.78 Å². The largest absolute Gasteiger partial charge is 0.456 e. The predicted octanol–water partition coefficient (Wildman–Crippen LogP) is 5.71. The molecule has 9 heteroatoms. The minimum Gasteiger partial charge on any atom is -0.456 e. The molecule has 0 aliphatic rings. The maximum atomic E-state index is 13.3. The molecule has 0 heterocycles. The smallest absolute Gasteiger partial charge is 0.323 e. The molecule has 0 spiro atoms. The summed E-state index contributed by atoms with van der Waals surface area (Å²) in [7, 11) is -2.75. The van der Waals surface area contributed by atoms with Gasteiger partial charge in [0.25, 0.3) is 0 Å². The fourth-order valence-corrected chi connectivity index (χ4v) is 3.70. The van der Waals surface area contributed by atoms with Crippen LogP contribution in [0.4, 0.5) is 13.2 Å². The van der Waals surface area contributed by atoms with Crippen LogP contribution in [0.1, 0.15) is 0 Å². The number of halogens is 5. The van der Waals surface area contributed by atoms with E-state index in [9.17, 15) is 17.4 Å². The Morgan fingerprint density at radius 1 is 1.26 bits per heavy atom. The zero-order valence-corrected chi connectivity index (χ0v) is 14.8. The summed E-state index contributed by atoms with van der Waals surface area (Å²) in [6.07, 6.45) is 0. The second-order valence-electron chi connectivity index (χ2n) is 4.31. The second kappa shape index (κ2) is 7.11. The Kier molecular flexibility index (Phi) is 5.59. The Morgan fingerprint density at radius 2 is 1.96 bits per heavy atom. The normalized spacial score (nSPS) is 13.7. The van der Waals surface area contributed by atoms with Gasteiger partial charge in [-0.25, -0.2) is 13.0 Å². The molecule has 124 valence electrons. The highest BCUT2D eigenvalue weighted by Gasteiger charge is 2.24. The van der Waals surface area contributed by atoms with Crippen LogP contribution in [0.5, 0.6) is 11.5 Å². The molecular weight excluding hydrogens is 419 g/mol. The molecule has 0 aromatic heterocycles. The van der Waals surface area contributed by atoms with Gasteiger partial charge in [0.15, 0.2) is 0 Å². The molecule has 2 aromatic carbocycles. The summed E-state index contributed by atoms with van der Waals surface area (Å²) >= 11 is 8.88. The van der Waals surface area contributed by atoms with Crippen molar-refractivity contribution in [1.29, 1.82) is 0 Å². The minimum absolute atomic E-state index is 0.133. The first kappa shape index (κ1) is 18.1. The zero-order chi connectivity index (χ0) is 17.2. The van der Waals surface area contributed by atoms with E-state index in [4.69, 9.17) is 16.3 Å². The lowest BCUT2D eigenvalue weighted by molar-refractivity contribution is 0.241. The molecule has 0 fully saturated rings. The average molecular weight is 429 g/mol. The van der Waals surface area contributed by atoms with Crippen LogP contribution in [0.15, 0.2) is 50.1 Å². The number of rotatable bonds is 4. The van der Waals surface area contributed by atoms with E-state index in [-0.39, 0.29) is 25.9 Å². The van der Waals surface area contributed by atoms with E-state index in [2.05, 4.69) is 20.3 Å². The molecule has 0 amide bonds. The van der Waals surface area contributed by atoms with Crippen LogP contribution in [-0.2, 0) is 9.73 Å². The average Bonchev–Trinajstić information content (AvgIpc) is 2.47. The lowest BCUT2D eigenvalue weighted by atomic mass is 10.3. The highest BCUT2D eigenvalue weighted by molar-refractivity contribution is 9.10. The summed E-state index contributed by atoms with van der Waals surface area (Å²) in [6.45, 7) is 0. The third-order valence-corrected chi connectivity index (χ3v) is 5.61. The van der Waals surface area contributed by atoms with E-state index < -0.39 is 21.3 Å². The van der Waals surface area contributed by atoms with Crippen molar-refractivity contribution in [2.45, 2.75) is 10.7 Å². The van der Waals surface area contributed by atoms with Crippen molar-refractivity contribution in [2.75, 3.05) is 7.05 Å². The van der Waals surface area contributed by atoms with Crippen molar-refractivity contribution in [3.63, 3.8) is 0 Å². The minimum atomic E-state index is -3.82. The van der Waals surface area contributed by atoms with Gasteiger partial charge in [0, 0.05) is 18.1 Å². The summed E-state index contributed by atoms with van der Waals surface area (Å²) in [4.78, 5) is -0.133. The zero-order valence-electron chi connectivity index (χ0n) is 11.6. The van der Waals surface area contributed by atoms with E-state index in [1.807, 2.05) is 0 Å². The van der Waals surface area contributed by atoms with Crippen LogP contribution < -0.4 is 4.74 Å². The van der Waals surface area contributed by atoms with E-state index in [0.717, 1.165) is 19.2 Å². The highest BCUT2D eigenvalue weighted by Crippen LogP contribution is 2.34. The van der Waals surface area contributed by atoms with Crippen molar-refractivity contribution in [3.05, 3.63) is 51.7 Å². The van der Waals surface area contributed by atoms with Crippen molar-refractivity contribution in [3.8, 4) is 11.5 Å². The third-order valence-electron chi connectivity index (χ3n) is 2.82. The molecule has 0 saturated heterocycles. The number of alkyl halides is 2. The maximum absolute atomic E-state index is 13.3. The molecule has 23 heavy (non-hydrogen) atoms. The molecule has 1 unspecified atom stereocenters. The molecule has 0 saturated carbocycles. The summed E-state index contributed by atoms with van der Waals surface area (Å²) in [5, 5.41) is 0.151. The van der Waals surface area contributed by atoms with Crippen LogP contribution in [0.2, 0.25) is 5.02 Å². The lowest BCUT2D eigenvalue weighted by Gasteiger charge is -2.12. The number of hydrogen-bond acceptors (Lipinski definition) is 3. The third kappa shape index (κ3) is 3.99. The van der Waals surface area contributed by atoms with Gasteiger partial charge in [0.1, 0.15) is 27.0 Å². The molecule has 3 nitrogen and oxygen atoms in total. The summed E-state index contributed by atoms with van der Waals surface area (Å²) < 4.78 is 60.4. The number of hydrogen-bond donors (Lipinski definition) is 0. The molecule has 1 atom stereocenters. The van der Waals surface area contributed by atoms with Gasteiger partial charge < -0.3 is 4.74 Å². The van der Waals surface area contributed by atoms with Crippen molar-refractivity contribution >= 4 is 37.3 Å². The SMILES string of the molecule is CN=S(=O)(c1ccc(Oc2cc(F)cc(Cl)c2)c(Br)c1)C(F)F. The topological polar surface area (TPSA) is 38.7 Å². The van der Waals surface area contributed by atoms with Gasteiger partial charge >= 0.3 is 5.76 Å². The Labute approximate surface area is 144 Å². The predicted molar refractivity (Wildman–Crippen MR) is 86.4 cm³/mol. The van der Waals surface area contributed by atoms with E-state index in [0.29, 0.717) is 0 Å². The van der Waals surface area contributed by atoms with Gasteiger partial charge in [0.2, 0.25) is 0 Å². The molecule has 0 bridgehead atoms. The Morgan fingerprint density at radius 3 is 2.48 bits per heavy atom. The maximum Gasteiger partial charge on any atom is 0.323 e. The quantitative estimate of drug-likeness (QED) is 0.625. The molecule has 2 rings (SSSR count). The van der Waals surface area contributed by atoms with Crippen LogP contribution in [0.3, 0.4) is 0 Å². The van der Waals surface area contributed by atoms with Crippen molar-refractivity contribution < 1.29 is 22.1 Å². The Bertz CT molecular complexity index is 834. The van der Waals surface area contributed by atoms with Crippen molar-refractivity contribution in [2.24, 2.45) is 4.36 Å². The van der Waals surface area contributed by atoms with Gasteiger partial charge in [-0.05, 0) is 46.3 Å². The van der Waals surface area contributed by atoms with Gasteiger partial charge in [-0.3, -0.25) is 0 Å². The first-order valence-corrected chi connectivity index (χ1v) is 8.87. The molecule has 0 aliphatic carbocycles. The Balaban J connectivity index is 2.39. The fraction of sp³-hybridized carbons (Fsp3) is 0.143. The van der Waals surface area contributed by atoms with Crippen LogP contribution in [-0.4, -0.2) is 17.0 Å². The molecule has 2 aromatic rings. The second-order valence-corrected chi connectivity index (χ2v) is 7.93. The van der Waals surface area contributed by atoms with Crippen LogP contribution in [0, 0.1) is 5.82 Å². The van der Waals surface area contributed by atoms with E-state index >= 15 is 0 Å². The number of nitrogens with zero attached hydrogens (tertiary/aromatic N) is 1. The van der Waals surface area contributed by atoms with Gasteiger partial charge in [0.05, 0.1) is 9.37 Å². The fourth-order valence-electron chi connectivity index (χ4n) is 1.75. The van der Waals surface area contributed by atoms with E-state index in [1.54, 1.807) is 0 Å². The monoisotopic (exact) mass is 427 g/mol. The number of ether oxygens (including phenoxy) is 1. The van der Waals surface area contributed by atoms with Crippen molar-refractivity contribution in [1.82, 2.24) is 0 Å². The standard InChI is InChI=1S/C14H10BrClF3NO2S/c1-20-23(21,14(18)19)11-2-3-13(12(15)7-11)22-10-5-8(16)4-9(17)6-10/h2-7,14H,1H3. The Hall–Kier alpha value is -1.25. The number of benzene rings is 2. The van der Waals surface area contributed by atoms with Crippen LogP contribution in [0.25, 0.3) is 0 Å². The molecular formula is C14H10BrClF3NO2S. The van der Waals surface area contributed by atoms with Crippen LogP contribution >= 0.6 is 27.5 Å². The first-order valence-electron chi connectivity index (χ1n) is 6.12. The molecule has 0 radical (unpaired) electrons. The first-order chi connectivity index (χ1) is 10.8.